The van der Waals surface area contributed by atoms with Gasteiger partial charge in [0.15, 0.2) is 9.84 Å². The van der Waals surface area contributed by atoms with E-state index in [4.69, 9.17) is 0 Å². The van der Waals surface area contributed by atoms with Gasteiger partial charge in [-0.05, 0) is 103 Å². The molecule has 2 aromatic carbocycles. The summed E-state index contributed by atoms with van der Waals surface area (Å²) in [6.45, 7) is 5.51. The third kappa shape index (κ3) is 4.64. The van der Waals surface area contributed by atoms with E-state index < -0.39 is 9.84 Å². The largest absolute Gasteiger partial charge is 0.349 e. The van der Waals surface area contributed by atoms with Crippen LogP contribution in [0.25, 0.3) is 33.1 Å². The number of pyridine rings is 1. The highest BCUT2D eigenvalue weighted by Gasteiger charge is 2.24. The van der Waals surface area contributed by atoms with Crippen LogP contribution in [0.15, 0.2) is 47.5 Å². The Hall–Kier alpha value is -2.50. The number of hydrogen-bond donors (Lipinski definition) is 2. The van der Waals surface area contributed by atoms with Gasteiger partial charge in [0.1, 0.15) is 5.65 Å². The summed E-state index contributed by atoms with van der Waals surface area (Å²) in [6, 6.07) is 11.1. The number of nitrogens with zero attached hydrogens (tertiary/aromatic N) is 2. The van der Waals surface area contributed by atoms with Crippen LogP contribution in [-0.4, -0.2) is 61.1 Å². The Balaban J connectivity index is 1.71. The van der Waals surface area contributed by atoms with Gasteiger partial charge in [-0.3, -0.25) is 4.79 Å². The zero-order valence-electron chi connectivity index (χ0n) is 20.6. The lowest BCUT2D eigenvalue weighted by Crippen LogP contribution is -2.43. The van der Waals surface area contributed by atoms with Gasteiger partial charge in [0.25, 0.3) is 5.91 Å². The van der Waals surface area contributed by atoms with Crippen molar-refractivity contribution in [3.8, 4) is 11.1 Å². The highest BCUT2D eigenvalue weighted by atomic mass is 127. The molecule has 0 radical (unpaired) electrons. The number of sulfone groups is 1. The molecule has 0 saturated carbocycles. The monoisotopic (exact) mass is 616 g/mol. The molecule has 5 rings (SSSR count). The number of piperidine rings is 1. The Bertz CT molecular complexity index is 1590. The SMILES string of the molecule is CCS(=O)(=O)c1cccc(-c2cc(C(=O)NC3CCN(C)CC3)c(C)c3[nH]c4ncc(I)cc4c23)c1. The van der Waals surface area contributed by atoms with Crippen molar-refractivity contribution in [2.75, 3.05) is 25.9 Å². The third-order valence-electron chi connectivity index (χ3n) is 7.14. The van der Waals surface area contributed by atoms with Crippen molar-refractivity contribution >= 4 is 60.3 Å². The maximum absolute atomic E-state index is 13.5. The molecule has 188 valence electrons. The van der Waals surface area contributed by atoms with Gasteiger partial charge in [-0.15, -0.1) is 0 Å². The number of halogens is 1. The molecule has 2 aromatic heterocycles. The van der Waals surface area contributed by atoms with Gasteiger partial charge < -0.3 is 15.2 Å². The molecule has 7 nitrogen and oxygen atoms in total. The molecular weight excluding hydrogens is 587 g/mol. The van der Waals surface area contributed by atoms with Crippen LogP contribution in [-0.2, 0) is 9.84 Å². The molecule has 0 aliphatic carbocycles. The number of carbonyl (C=O) groups excluding carboxylic acids is 1. The number of amides is 1. The molecule has 0 unspecified atom stereocenters. The molecule has 36 heavy (non-hydrogen) atoms. The summed E-state index contributed by atoms with van der Waals surface area (Å²) in [7, 11) is -1.28. The predicted molar refractivity (Wildman–Crippen MR) is 152 cm³/mol. The molecule has 2 N–H and O–H groups in total. The van der Waals surface area contributed by atoms with Gasteiger partial charge in [-0.2, -0.15) is 0 Å². The summed E-state index contributed by atoms with van der Waals surface area (Å²) in [4.78, 5) is 24.1. The minimum atomic E-state index is -3.38. The fourth-order valence-corrected chi connectivity index (χ4v) is 6.35. The molecule has 3 heterocycles. The highest BCUT2D eigenvalue weighted by molar-refractivity contribution is 14.1. The molecule has 1 aliphatic rings. The molecule has 1 fully saturated rings. The first-order chi connectivity index (χ1) is 17.2. The standard InChI is InChI=1S/C27H29IN4O3S/c1-4-36(34,35)20-7-5-6-17(12-20)22-14-21(27(33)30-19-8-10-32(3)11-9-19)16(2)25-24(22)23-13-18(28)15-29-26(23)31-25/h5-7,12-15,19H,4,8-11H2,1-3H3,(H,29,31)(H,30,33). The van der Waals surface area contributed by atoms with Crippen LogP contribution in [0.1, 0.15) is 35.7 Å². The first-order valence-corrected chi connectivity index (χ1v) is 14.8. The number of aromatic nitrogens is 2. The number of rotatable bonds is 5. The normalized spacial score (nSPS) is 15.6. The molecular formula is C27H29IN4O3S. The molecule has 0 atom stereocenters. The summed E-state index contributed by atoms with van der Waals surface area (Å²) >= 11 is 2.24. The summed E-state index contributed by atoms with van der Waals surface area (Å²) in [5.41, 5.74) is 4.58. The van der Waals surface area contributed by atoms with Crippen LogP contribution in [0, 0.1) is 10.5 Å². The van der Waals surface area contributed by atoms with E-state index in [9.17, 15) is 13.2 Å². The van der Waals surface area contributed by atoms with E-state index in [1.165, 1.54) is 0 Å². The lowest BCUT2D eigenvalue weighted by Gasteiger charge is -2.29. The van der Waals surface area contributed by atoms with Gasteiger partial charge in [-0.1, -0.05) is 19.1 Å². The van der Waals surface area contributed by atoms with Gasteiger partial charge in [0, 0.05) is 32.1 Å². The first kappa shape index (κ1) is 25.2. The topological polar surface area (TPSA) is 95.2 Å². The zero-order valence-corrected chi connectivity index (χ0v) is 23.5. The lowest BCUT2D eigenvalue weighted by atomic mass is 9.93. The number of nitrogens with one attached hydrogen (secondary N) is 2. The second-order valence-corrected chi connectivity index (χ2v) is 13.0. The van der Waals surface area contributed by atoms with Crippen molar-refractivity contribution in [1.29, 1.82) is 0 Å². The summed E-state index contributed by atoms with van der Waals surface area (Å²) in [6.07, 6.45) is 3.64. The van der Waals surface area contributed by atoms with Crippen molar-refractivity contribution < 1.29 is 13.2 Å². The van der Waals surface area contributed by atoms with Crippen molar-refractivity contribution in [2.45, 2.75) is 37.6 Å². The molecule has 4 aromatic rings. The van der Waals surface area contributed by atoms with Crippen LogP contribution in [0.5, 0.6) is 0 Å². The number of likely N-dealkylation sites (tertiary alicyclic amines) is 1. The van der Waals surface area contributed by atoms with Gasteiger partial charge in [0.2, 0.25) is 0 Å². The lowest BCUT2D eigenvalue weighted by molar-refractivity contribution is 0.0916. The van der Waals surface area contributed by atoms with E-state index in [0.29, 0.717) is 5.56 Å². The number of hydrogen-bond acceptors (Lipinski definition) is 5. The van der Waals surface area contributed by atoms with Gasteiger partial charge in [0.05, 0.1) is 16.2 Å². The Morgan fingerprint density at radius 1 is 1.22 bits per heavy atom. The zero-order chi connectivity index (χ0) is 25.6. The second kappa shape index (κ2) is 9.75. The Morgan fingerprint density at radius 2 is 1.97 bits per heavy atom. The van der Waals surface area contributed by atoms with Crippen LogP contribution in [0.2, 0.25) is 0 Å². The van der Waals surface area contributed by atoms with E-state index in [1.807, 2.05) is 19.1 Å². The van der Waals surface area contributed by atoms with Gasteiger partial charge >= 0.3 is 0 Å². The Labute approximate surface area is 224 Å². The van der Waals surface area contributed by atoms with Crippen LogP contribution in [0.3, 0.4) is 0 Å². The average Bonchev–Trinajstić information content (AvgIpc) is 3.25. The minimum Gasteiger partial charge on any atom is -0.349 e. The quantitative estimate of drug-likeness (QED) is 0.311. The number of fused-ring (bicyclic) bond motifs is 3. The predicted octanol–water partition coefficient (Wildman–Crippen LogP) is 4.91. The van der Waals surface area contributed by atoms with E-state index in [-0.39, 0.29) is 22.6 Å². The molecule has 1 saturated heterocycles. The fourth-order valence-electron chi connectivity index (χ4n) is 4.97. The number of H-pyrrole nitrogens is 1. The summed E-state index contributed by atoms with van der Waals surface area (Å²) in [5, 5.41) is 5.12. The van der Waals surface area contributed by atoms with Crippen molar-refractivity contribution in [2.24, 2.45) is 0 Å². The van der Waals surface area contributed by atoms with Crippen molar-refractivity contribution in [3.63, 3.8) is 0 Å². The maximum atomic E-state index is 13.5. The molecule has 1 amide bonds. The van der Waals surface area contributed by atoms with Crippen LogP contribution < -0.4 is 5.32 Å². The van der Waals surface area contributed by atoms with Crippen LogP contribution in [0.4, 0.5) is 0 Å². The third-order valence-corrected chi connectivity index (χ3v) is 9.46. The second-order valence-electron chi connectivity index (χ2n) is 9.50. The average molecular weight is 617 g/mol. The number of benzene rings is 2. The van der Waals surface area contributed by atoms with Gasteiger partial charge in [-0.25, -0.2) is 13.4 Å². The molecule has 9 heteroatoms. The molecule has 0 bridgehead atoms. The smallest absolute Gasteiger partial charge is 0.251 e. The highest BCUT2D eigenvalue weighted by Crippen LogP contribution is 2.38. The minimum absolute atomic E-state index is 0.0270. The van der Waals surface area contributed by atoms with E-state index >= 15 is 0 Å². The van der Waals surface area contributed by atoms with E-state index in [1.54, 1.807) is 31.3 Å². The molecule has 0 spiro atoms. The number of carbonyl (C=O) groups is 1. The number of aromatic amines is 1. The number of aryl methyl sites for hydroxylation is 1. The fraction of sp³-hybridized carbons (Fsp3) is 0.333. The van der Waals surface area contributed by atoms with Crippen molar-refractivity contribution in [1.82, 2.24) is 20.2 Å². The first-order valence-electron chi connectivity index (χ1n) is 12.1. The maximum Gasteiger partial charge on any atom is 0.251 e. The van der Waals surface area contributed by atoms with Crippen LogP contribution >= 0.6 is 22.6 Å². The summed E-state index contributed by atoms with van der Waals surface area (Å²) < 4.78 is 26.3. The Kier molecular flexibility index (Phi) is 6.82. The van der Waals surface area contributed by atoms with E-state index in [0.717, 1.165) is 68.1 Å². The molecule has 1 aliphatic heterocycles. The Morgan fingerprint density at radius 3 is 2.69 bits per heavy atom. The van der Waals surface area contributed by atoms with Crippen molar-refractivity contribution in [3.05, 3.63) is 57.3 Å². The summed E-state index contributed by atoms with van der Waals surface area (Å²) in [5.74, 6) is -0.0807. The van der Waals surface area contributed by atoms with E-state index in [2.05, 4.69) is 55.9 Å².